The Morgan fingerprint density at radius 3 is 2.83 bits per heavy atom. The third-order valence-electron chi connectivity index (χ3n) is 3.10. The molecule has 0 aromatic heterocycles. The van der Waals surface area contributed by atoms with Gasteiger partial charge in [0.15, 0.2) is 0 Å². The number of rotatable bonds is 5. The summed E-state index contributed by atoms with van der Waals surface area (Å²) in [4.78, 5) is 12.1. The Morgan fingerprint density at radius 1 is 1.56 bits per heavy atom. The van der Waals surface area contributed by atoms with Gasteiger partial charge in [-0.25, -0.2) is 0 Å². The Morgan fingerprint density at radius 2 is 2.28 bits per heavy atom. The average Bonchev–Trinajstić information content (AvgIpc) is 2.39. The highest BCUT2D eigenvalue weighted by atomic mass is 35.5. The lowest BCUT2D eigenvalue weighted by Gasteiger charge is -2.29. The van der Waals surface area contributed by atoms with Crippen molar-refractivity contribution in [2.45, 2.75) is 32.2 Å². The normalized spacial score (nSPS) is 13.4. The summed E-state index contributed by atoms with van der Waals surface area (Å²) in [5.41, 5.74) is 0.683. The Hall–Kier alpha value is -1.53. The monoisotopic (exact) mass is 264 g/mol. The average molecular weight is 265 g/mol. The summed E-state index contributed by atoms with van der Waals surface area (Å²) < 4.78 is 0. The van der Waals surface area contributed by atoms with Gasteiger partial charge in [0.1, 0.15) is 0 Å². The van der Waals surface area contributed by atoms with Crippen LogP contribution in [0.1, 0.15) is 42.6 Å². The second-order valence-electron chi connectivity index (χ2n) is 4.50. The van der Waals surface area contributed by atoms with Crippen LogP contribution in [0.4, 0.5) is 0 Å². The lowest BCUT2D eigenvalue weighted by molar-refractivity contribution is 0.0901. The quantitative estimate of drug-likeness (QED) is 0.831. The molecule has 0 aliphatic rings. The number of nitrogens with one attached hydrogen (secondary N) is 1. The smallest absolute Gasteiger partial charge is 0.251 e. The van der Waals surface area contributed by atoms with Crippen molar-refractivity contribution in [3.05, 3.63) is 35.4 Å². The topological polar surface area (TPSA) is 52.9 Å². The largest absolute Gasteiger partial charge is 0.347 e. The number of benzene rings is 1. The zero-order chi connectivity index (χ0) is 13.6. The maximum Gasteiger partial charge on any atom is 0.251 e. The molecule has 0 bridgehead atoms. The molecule has 1 unspecified atom stereocenters. The van der Waals surface area contributed by atoms with Crippen LogP contribution in [-0.4, -0.2) is 17.3 Å². The lowest BCUT2D eigenvalue weighted by atomic mass is 9.95. The molecular formula is C14H17ClN2O. The standard InChI is InChI=1S/C14H17ClN2O/c1-3-14(2,7-8-15)17-13(18)12-6-4-5-11(9-12)10-16/h4-6,9H,3,7-8H2,1-2H3,(H,17,18). The molecule has 1 atom stereocenters. The Balaban J connectivity index is 2.84. The van der Waals surface area contributed by atoms with Crippen molar-refractivity contribution in [1.82, 2.24) is 5.32 Å². The molecule has 1 aromatic rings. The van der Waals surface area contributed by atoms with E-state index in [4.69, 9.17) is 16.9 Å². The predicted molar refractivity (Wildman–Crippen MR) is 72.7 cm³/mol. The van der Waals surface area contributed by atoms with Crippen molar-refractivity contribution >= 4 is 17.5 Å². The van der Waals surface area contributed by atoms with Crippen molar-refractivity contribution in [1.29, 1.82) is 5.26 Å². The highest BCUT2D eigenvalue weighted by Crippen LogP contribution is 2.16. The molecule has 1 rings (SSSR count). The Bertz CT molecular complexity index is 467. The van der Waals surface area contributed by atoms with E-state index in [1.165, 1.54) is 0 Å². The fourth-order valence-electron chi connectivity index (χ4n) is 1.61. The second-order valence-corrected chi connectivity index (χ2v) is 4.88. The summed E-state index contributed by atoms with van der Waals surface area (Å²) in [6, 6.07) is 8.70. The van der Waals surface area contributed by atoms with Crippen LogP contribution >= 0.6 is 11.6 Å². The molecular weight excluding hydrogens is 248 g/mol. The van der Waals surface area contributed by atoms with Gasteiger partial charge in [0.2, 0.25) is 0 Å². The van der Waals surface area contributed by atoms with E-state index >= 15 is 0 Å². The number of carbonyl (C=O) groups is 1. The molecule has 0 saturated carbocycles. The van der Waals surface area contributed by atoms with E-state index in [0.717, 1.165) is 12.8 Å². The number of hydrogen-bond acceptors (Lipinski definition) is 2. The molecule has 18 heavy (non-hydrogen) atoms. The Labute approximate surface area is 113 Å². The molecule has 0 aliphatic heterocycles. The van der Waals surface area contributed by atoms with Crippen LogP contribution in [0.2, 0.25) is 0 Å². The minimum absolute atomic E-state index is 0.165. The van der Waals surface area contributed by atoms with Gasteiger partial charge < -0.3 is 5.32 Å². The first-order chi connectivity index (χ1) is 8.54. The van der Waals surface area contributed by atoms with Gasteiger partial charge in [-0.3, -0.25) is 4.79 Å². The molecule has 3 nitrogen and oxygen atoms in total. The van der Waals surface area contributed by atoms with E-state index in [1.807, 2.05) is 19.9 Å². The van der Waals surface area contributed by atoms with Gasteiger partial charge >= 0.3 is 0 Å². The fraction of sp³-hybridized carbons (Fsp3) is 0.429. The van der Waals surface area contributed by atoms with Crippen molar-refractivity contribution in [3.8, 4) is 6.07 Å². The third-order valence-corrected chi connectivity index (χ3v) is 3.28. The third kappa shape index (κ3) is 3.75. The second kappa shape index (κ2) is 6.42. The van der Waals surface area contributed by atoms with Crippen molar-refractivity contribution in [2.75, 3.05) is 5.88 Å². The van der Waals surface area contributed by atoms with Crippen LogP contribution in [0.15, 0.2) is 24.3 Å². The van der Waals surface area contributed by atoms with Crippen LogP contribution in [-0.2, 0) is 0 Å². The maximum absolute atomic E-state index is 12.1. The summed E-state index contributed by atoms with van der Waals surface area (Å²) in [5, 5.41) is 11.8. The molecule has 0 spiro atoms. The molecule has 96 valence electrons. The molecule has 0 aliphatic carbocycles. The van der Waals surface area contributed by atoms with Gasteiger partial charge in [0.05, 0.1) is 11.6 Å². The van der Waals surface area contributed by atoms with Gasteiger partial charge in [-0.2, -0.15) is 5.26 Å². The number of nitrogens with zero attached hydrogens (tertiary/aromatic N) is 1. The molecule has 1 amide bonds. The number of amides is 1. The number of alkyl halides is 1. The van der Waals surface area contributed by atoms with Crippen molar-refractivity contribution in [2.24, 2.45) is 0 Å². The first-order valence-electron chi connectivity index (χ1n) is 5.93. The van der Waals surface area contributed by atoms with E-state index in [1.54, 1.807) is 24.3 Å². The van der Waals surface area contributed by atoms with Gasteiger partial charge in [-0.05, 0) is 38.0 Å². The zero-order valence-electron chi connectivity index (χ0n) is 10.7. The first-order valence-corrected chi connectivity index (χ1v) is 6.47. The van der Waals surface area contributed by atoms with E-state index < -0.39 is 0 Å². The minimum atomic E-state index is -0.304. The van der Waals surface area contributed by atoms with Gasteiger partial charge in [-0.15, -0.1) is 11.6 Å². The zero-order valence-corrected chi connectivity index (χ0v) is 11.4. The van der Waals surface area contributed by atoms with Gasteiger partial charge in [0, 0.05) is 17.0 Å². The number of carbonyl (C=O) groups excluding carboxylic acids is 1. The summed E-state index contributed by atoms with van der Waals surface area (Å²) in [6.07, 6.45) is 1.53. The van der Waals surface area contributed by atoms with Gasteiger partial charge in [0.25, 0.3) is 5.91 Å². The molecule has 0 radical (unpaired) electrons. The molecule has 0 heterocycles. The van der Waals surface area contributed by atoms with Crippen LogP contribution in [0.25, 0.3) is 0 Å². The molecule has 4 heteroatoms. The van der Waals surface area contributed by atoms with Gasteiger partial charge in [-0.1, -0.05) is 13.0 Å². The number of nitriles is 1. The van der Waals surface area contributed by atoms with E-state index in [2.05, 4.69) is 5.32 Å². The highest BCUT2D eigenvalue weighted by molar-refractivity contribution is 6.17. The van der Waals surface area contributed by atoms with Crippen molar-refractivity contribution < 1.29 is 4.79 Å². The van der Waals surface area contributed by atoms with E-state index in [9.17, 15) is 4.79 Å². The summed E-state index contributed by atoms with van der Waals surface area (Å²) >= 11 is 5.75. The first kappa shape index (κ1) is 14.5. The van der Waals surface area contributed by atoms with E-state index in [0.29, 0.717) is 17.0 Å². The minimum Gasteiger partial charge on any atom is -0.347 e. The number of halogens is 1. The summed E-state index contributed by atoms with van der Waals surface area (Å²) in [5.74, 6) is 0.338. The molecule has 1 aromatic carbocycles. The van der Waals surface area contributed by atoms with Crippen LogP contribution < -0.4 is 5.32 Å². The molecule has 1 N–H and O–H groups in total. The lowest BCUT2D eigenvalue weighted by Crippen LogP contribution is -2.45. The molecule has 0 fully saturated rings. The highest BCUT2D eigenvalue weighted by Gasteiger charge is 2.24. The van der Waals surface area contributed by atoms with Crippen LogP contribution in [0.5, 0.6) is 0 Å². The molecule has 0 saturated heterocycles. The van der Waals surface area contributed by atoms with E-state index in [-0.39, 0.29) is 11.4 Å². The fourth-order valence-corrected chi connectivity index (χ4v) is 2.03. The number of hydrogen-bond donors (Lipinski definition) is 1. The Kier molecular flexibility index (Phi) is 5.18. The van der Waals surface area contributed by atoms with Crippen LogP contribution in [0.3, 0.4) is 0 Å². The van der Waals surface area contributed by atoms with Crippen molar-refractivity contribution in [3.63, 3.8) is 0 Å². The maximum atomic E-state index is 12.1. The van der Waals surface area contributed by atoms with Crippen LogP contribution in [0, 0.1) is 11.3 Å². The summed E-state index contributed by atoms with van der Waals surface area (Å²) in [7, 11) is 0. The predicted octanol–water partition coefficient (Wildman–Crippen LogP) is 3.09. The summed E-state index contributed by atoms with van der Waals surface area (Å²) in [6.45, 7) is 3.99. The SMILES string of the molecule is CCC(C)(CCCl)NC(=O)c1cccc(C#N)c1.